The van der Waals surface area contributed by atoms with E-state index in [9.17, 15) is 10.1 Å². The van der Waals surface area contributed by atoms with Crippen molar-refractivity contribution in [1.29, 1.82) is 0 Å². The number of nitrogens with two attached hydrogens (primary N) is 1. The van der Waals surface area contributed by atoms with Crippen molar-refractivity contribution in [1.82, 2.24) is 0 Å². The van der Waals surface area contributed by atoms with Gasteiger partial charge in [-0.05, 0) is 45.6 Å². The highest BCUT2D eigenvalue weighted by Crippen LogP contribution is 2.41. The standard InChI is InChI=1S/C15H23N3O3/c1-10(2)21-14-8-12(6-7-13(14)18(19)20)17-15(3,9-16)11-4-5-11/h6-8,10-11,17H,4-5,9,16H2,1-3H3. The molecule has 6 nitrogen and oxygen atoms in total. The van der Waals surface area contributed by atoms with Crippen LogP contribution in [0.3, 0.4) is 0 Å². The Morgan fingerprint density at radius 3 is 2.67 bits per heavy atom. The lowest BCUT2D eigenvalue weighted by atomic mass is 9.95. The van der Waals surface area contributed by atoms with Crippen molar-refractivity contribution in [3.05, 3.63) is 28.3 Å². The second-order valence-corrected chi connectivity index (χ2v) is 6.13. The fraction of sp³-hybridized carbons (Fsp3) is 0.600. The molecular formula is C15H23N3O3. The summed E-state index contributed by atoms with van der Waals surface area (Å²) in [5.74, 6) is 0.849. The molecular weight excluding hydrogens is 270 g/mol. The third-order valence-electron chi connectivity index (χ3n) is 3.85. The highest BCUT2D eigenvalue weighted by atomic mass is 16.6. The lowest BCUT2D eigenvalue weighted by Crippen LogP contribution is -2.44. The summed E-state index contributed by atoms with van der Waals surface area (Å²) in [6, 6.07) is 4.87. The Labute approximate surface area is 124 Å². The molecule has 0 bridgehead atoms. The highest BCUT2D eigenvalue weighted by Gasteiger charge is 2.40. The SMILES string of the molecule is CC(C)Oc1cc(NC(C)(CN)C2CC2)ccc1[N+](=O)[O-]. The molecule has 1 atom stereocenters. The van der Waals surface area contributed by atoms with Gasteiger partial charge in [-0.15, -0.1) is 0 Å². The first-order valence-corrected chi connectivity index (χ1v) is 7.29. The molecule has 1 aromatic carbocycles. The van der Waals surface area contributed by atoms with Gasteiger partial charge in [-0.25, -0.2) is 0 Å². The van der Waals surface area contributed by atoms with Crippen LogP contribution in [0.25, 0.3) is 0 Å². The minimum Gasteiger partial charge on any atom is -0.484 e. The van der Waals surface area contributed by atoms with Gasteiger partial charge in [-0.3, -0.25) is 10.1 Å². The van der Waals surface area contributed by atoms with Crippen LogP contribution in [0.15, 0.2) is 18.2 Å². The highest BCUT2D eigenvalue weighted by molar-refractivity contribution is 5.59. The van der Waals surface area contributed by atoms with Gasteiger partial charge in [0.1, 0.15) is 0 Å². The zero-order valence-corrected chi connectivity index (χ0v) is 12.8. The molecule has 0 heterocycles. The second-order valence-electron chi connectivity index (χ2n) is 6.13. The maximum atomic E-state index is 11.1. The molecule has 0 radical (unpaired) electrons. The zero-order valence-electron chi connectivity index (χ0n) is 12.8. The Balaban J connectivity index is 2.26. The predicted octanol–water partition coefficient (Wildman–Crippen LogP) is 2.92. The molecule has 6 heteroatoms. The maximum absolute atomic E-state index is 11.1. The van der Waals surface area contributed by atoms with E-state index < -0.39 is 4.92 Å². The minimum atomic E-state index is -0.426. The number of nitro groups is 1. The van der Waals surface area contributed by atoms with Crippen LogP contribution in [0.2, 0.25) is 0 Å². The summed E-state index contributed by atoms with van der Waals surface area (Å²) >= 11 is 0. The van der Waals surface area contributed by atoms with E-state index in [2.05, 4.69) is 12.2 Å². The van der Waals surface area contributed by atoms with Crippen LogP contribution in [0.1, 0.15) is 33.6 Å². The Morgan fingerprint density at radius 1 is 1.52 bits per heavy atom. The molecule has 0 saturated heterocycles. The lowest BCUT2D eigenvalue weighted by molar-refractivity contribution is -0.386. The van der Waals surface area contributed by atoms with Crippen molar-refractivity contribution in [2.45, 2.75) is 45.3 Å². The zero-order chi connectivity index (χ0) is 15.6. The molecule has 1 saturated carbocycles. The first-order valence-electron chi connectivity index (χ1n) is 7.29. The van der Waals surface area contributed by atoms with Crippen LogP contribution in [0.5, 0.6) is 5.75 Å². The van der Waals surface area contributed by atoms with Crippen molar-refractivity contribution in [2.24, 2.45) is 11.7 Å². The van der Waals surface area contributed by atoms with Crippen LogP contribution in [0.4, 0.5) is 11.4 Å². The normalized spacial score (nSPS) is 17.4. The van der Waals surface area contributed by atoms with Crippen LogP contribution in [-0.4, -0.2) is 23.1 Å². The van der Waals surface area contributed by atoms with Gasteiger partial charge in [0.05, 0.1) is 11.0 Å². The van der Waals surface area contributed by atoms with Crippen LogP contribution < -0.4 is 15.8 Å². The Hall–Kier alpha value is -1.82. The summed E-state index contributed by atoms with van der Waals surface area (Å²) in [5.41, 5.74) is 6.50. The number of nitro benzene ring substituents is 1. The molecule has 116 valence electrons. The van der Waals surface area contributed by atoms with Crippen LogP contribution in [-0.2, 0) is 0 Å². The molecule has 1 aliphatic rings. The van der Waals surface area contributed by atoms with Crippen molar-refractivity contribution in [3.8, 4) is 5.75 Å². The first kappa shape index (κ1) is 15.6. The van der Waals surface area contributed by atoms with Crippen molar-refractivity contribution in [3.63, 3.8) is 0 Å². The summed E-state index contributed by atoms with van der Waals surface area (Å²) in [6.45, 7) is 6.31. The van der Waals surface area contributed by atoms with Crippen molar-refractivity contribution >= 4 is 11.4 Å². The monoisotopic (exact) mass is 293 g/mol. The number of ether oxygens (including phenoxy) is 1. The van der Waals surface area contributed by atoms with E-state index in [-0.39, 0.29) is 23.1 Å². The third-order valence-corrected chi connectivity index (χ3v) is 3.85. The van der Waals surface area contributed by atoms with E-state index in [1.54, 1.807) is 12.1 Å². The number of anilines is 1. The Bertz CT molecular complexity index is 529. The lowest BCUT2D eigenvalue weighted by Gasteiger charge is -2.31. The molecule has 21 heavy (non-hydrogen) atoms. The second kappa shape index (κ2) is 5.89. The van der Waals surface area contributed by atoms with Gasteiger partial charge < -0.3 is 15.8 Å². The van der Waals surface area contributed by atoms with Gasteiger partial charge in [-0.2, -0.15) is 0 Å². The summed E-state index contributed by atoms with van der Waals surface area (Å²) in [7, 11) is 0. The maximum Gasteiger partial charge on any atom is 0.311 e. The summed E-state index contributed by atoms with van der Waals surface area (Å²) < 4.78 is 5.56. The van der Waals surface area contributed by atoms with Gasteiger partial charge in [0.2, 0.25) is 0 Å². The number of nitrogens with one attached hydrogen (secondary N) is 1. The van der Waals surface area contributed by atoms with E-state index in [0.29, 0.717) is 12.5 Å². The predicted molar refractivity (Wildman–Crippen MR) is 82.7 cm³/mol. The van der Waals surface area contributed by atoms with E-state index in [4.69, 9.17) is 10.5 Å². The molecule has 2 rings (SSSR count). The van der Waals surface area contributed by atoms with E-state index in [0.717, 1.165) is 5.69 Å². The van der Waals surface area contributed by atoms with E-state index in [1.165, 1.54) is 18.9 Å². The average molecular weight is 293 g/mol. The molecule has 1 unspecified atom stereocenters. The van der Waals surface area contributed by atoms with Gasteiger partial charge in [0.25, 0.3) is 0 Å². The molecule has 1 aromatic rings. The molecule has 0 aromatic heterocycles. The fourth-order valence-corrected chi connectivity index (χ4v) is 2.46. The molecule has 1 aliphatic carbocycles. The smallest absolute Gasteiger partial charge is 0.311 e. The summed E-state index contributed by atoms with van der Waals surface area (Å²) in [4.78, 5) is 10.6. The van der Waals surface area contributed by atoms with Gasteiger partial charge in [0.15, 0.2) is 5.75 Å². The third kappa shape index (κ3) is 3.64. The quantitative estimate of drug-likeness (QED) is 0.596. The molecule has 1 fully saturated rings. The van der Waals surface area contributed by atoms with Crippen LogP contribution in [0, 0.1) is 16.0 Å². The van der Waals surface area contributed by atoms with Gasteiger partial charge >= 0.3 is 5.69 Å². The van der Waals surface area contributed by atoms with Crippen molar-refractivity contribution < 1.29 is 9.66 Å². The fourth-order valence-electron chi connectivity index (χ4n) is 2.46. The van der Waals surface area contributed by atoms with Crippen molar-refractivity contribution in [2.75, 3.05) is 11.9 Å². The molecule has 0 aliphatic heterocycles. The Morgan fingerprint density at radius 2 is 2.19 bits per heavy atom. The molecule has 0 spiro atoms. The number of hydrogen-bond donors (Lipinski definition) is 2. The number of nitrogens with zero attached hydrogens (tertiary/aromatic N) is 1. The Kier molecular flexibility index (Phi) is 4.37. The number of benzene rings is 1. The topological polar surface area (TPSA) is 90.4 Å². The van der Waals surface area contributed by atoms with E-state index >= 15 is 0 Å². The summed E-state index contributed by atoms with van der Waals surface area (Å²) in [5, 5.41) is 14.5. The van der Waals surface area contributed by atoms with E-state index in [1.807, 2.05) is 13.8 Å². The minimum absolute atomic E-state index is 0.0184. The molecule has 0 amide bonds. The first-order chi connectivity index (χ1) is 9.85. The van der Waals surface area contributed by atoms with Gasteiger partial charge in [0, 0.05) is 29.9 Å². The average Bonchev–Trinajstić information content (AvgIpc) is 3.22. The largest absolute Gasteiger partial charge is 0.484 e. The van der Waals surface area contributed by atoms with Crippen LogP contribution >= 0.6 is 0 Å². The number of rotatable bonds is 7. The van der Waals surface area contributed by atoms with Gasteiger partial charge in [-0.1, -0.05) is 0 Å². The molecule has 3 N–H and O–H groups in total. The number of hydrogen-bond acceptors (Lipinski definition) is 5. The summed E-state index contributed by atoms with van der Waals surface area (Å²) in [6.07, 6.45) is 2.22.